The van der Waals surface area contributed by atoms with Gasteiger partial charge >= 0.3 is 5.97 Å². The van der Waals surface area contributed by atoms with E-state index >= 15 is 0 Å². The van der Waals surface area contributed by atoms with Crippen molar-refractivity contribution in [3.05, 3.63) is 58.4 Å². The minimum absolute atomic E-state index is 0.0712. The van der Waals surface area contributed by atoms with Crippen molar-refractivity contribution in [1.82, 2.24) is 0 Å². The molecule has 0 aromatic heterocycles. The lowest BCUT2D eigenvalue weighted by molar-refractivity contribution is 0.0691. The van der Waals surface area contributed by atoms with Crippen molar-refractivity contribution in [2.24, 2.45) is 5.73 Å². The average Bonchev–Trinajstić information content (AvgIpc) is 2.37. The third kappa shape index (κ3) is 3.11. The molecule has 5 nitrogen and oxygen atoms in total. The fourth-order valence-corrected chi connectivity index (χ4v) is 2.07. The Labute approximate surface area is 124 Å². The van der Waals surface area contributed by atoms with Crippen LogP contribution in [0.5, 0.6) is 0 Å². The van der Waals surface area contributed by atoms with Crippen LogP contribution in [0.3, 0.4) is 0 Å². The molecule has 7 heteroatoms. The highest BCUT2D eigenvalue weighted by atomic mass is 35.5. The maximum absolute atomic E-state index is 13.6. The van der Waals surface area contributed by atoms with E-state index in [-0.39, 0.29) is 16.3 Å². The van der Waals surface area contributed by atoms with Crippen LogP contribution in [0.25, 0.3) is 0 Å². The van der Waals surface area contributed by atoms with E-state index in [0.717, 1.165) is 12.1 Å². The summed E-state index contributed by atoms with van der Waals surface area (Å²) in [7, 11) is 0. The van der Waals surface area contributed by atoms with Crippen molar-refractivity contribution in [3.8, 4) is 0 Å². The van der Waals surface area contributed by atoms with Gasteiger partial charge in [-0.1, -0.05) is 17.7 Å². The predicted octanol–water partition coefficient (Wildman–Crippen LogP) is 3.02. The standard InChI is InChI=1S/C14H10ClFN2O3/c15-9-2-1-3-11(12(9)13(17)19)18-7-4-5-8(14(20)21)10(16)6-7/h1-6,18H,(H2,17,19)(H,20,21). The molecule has 0 unspecified atom stereocenters. The number of anilines is 2. The summed E-state index contributed by atoms with van der Waals surface area (Å²) in [4.78, 5) is 22.1. The summed E-state index contributed by atoms with van der Waals surface area (Å²) in [5.41, 5.74) is 5.45. The number of nitrogens with one attached hydrogen (secondary N) is 1. The van der Waals surface area contributed by atoms with E-state index in [4.69, 9.17) is 22.4 Å². The van der Waals surface area contributed by atoms with Crippen LogP contribution in [-0.4, -0.2) is 17.0 Å². The van der Waals surface area contributed by atoms with Crippen molar-refractivity contribution in [2.45, 2.75) is 0 Å². The number of carbonyl (C=O) groups is 2. The molecule has 0 aliphatic carbocycles. The molecule has 21 heavy (non-hydrogen) atoms. The van der Waals surface area contributed by atoms with Crippen LogP contribution in [0.1, 0.15) is 20.7 Å². The Morgan fingerprint density at radius 2 is 1.95 bits per heavy atom. The highest BCUT2D eigenvalue weighted by molar-refractivity contribution is 6.34. The first-order valence-corrected chi connectivity index (χ1v) is 6.16. The third-order valence-corrected chi connectivity index (χ3v) is 3.05. The van der Waals surface area contributed by atoms with Crippen molar-refractivity contribution in [2.75, 3.05) is 5.32 Å². The number of halogens is 2. The van der Waals surface area contributed by atoms with Gasteiger partial charge in [-0.25, -0.2) is 9.18 Å². The normalized spacial score (nSPS) is 10.2. The zero-order valence-corrected chi connectivity index (χ0v) is 11.3. The number of aromatic carboxylic acids is 1. The molecule has 0 aliphatic heterocycles. The lowest BCUT2D eigenvalue weighted by atomic mass is 10.1. The van der Waals surface area contributed by atoms with Gasteiger partial charge in [0.25, 0.3) is 5.91 Å². The molecule has 4 N–H and O–H groups in total. The molecule has 108 valence electrons. The Balaban J connectivity index is 2.39. The van der Waals surface area contributed by atoms with E-state index in [1.165, 1.54) is 12.1 Å². The topological polar surface area (TPSA) is 92.4 Å². The number of hydrogen-bond acceptors (Lipinski definition) is 3. The molecule has 0 bridgehead atoms. The maximum Gasteiger partial charge on any atom is 0.338 e. The summed E-state index contributed by atoms with van der Waals surface area (Å²) < 4.78 is 13.6. The van der Waals surface area contributed by atoms with Gasteiger partial charge in [-0.3, -0.25) is 4.79 Å². The molecule has 0 aliphatic rings. The highest BCUT2D eigenvalue weighted by Gasteiger charge is 2.14. The Morgan fingerprint density at radius 3 is 2.52 bits per heavy atom. The van der Waals surface area contributed by atoms with Crippen molar-refractivity contribution in [3.63, 3.8) is 0 Å². The van der Waals surface area contributed by atoms with E-state index in [9.17, 15) is 14.0 Å². The Hall–Kier alpha value is -2.60. The number of nitrogens with two attached hydrogens (primary N) is 1. The van der Waals surface area contributed by atoms with Gasteiger partial charge in [0.05, 0.1) is 21.8 Å². The number of primary amides is 1. The minimum atomic E-state index is -1.36. The first-order valence-electron chi connectivity index (χ1n) is 5.78. The van der Waals surface area contributed by atoms with E-state index in [1.54, 1.807) is 12.1 Å². The first-order chi connectivity index (χ1) is 9.90. The molecule has 0 fully saturated rings. The molecule has 1 amide bonds. The van der Waals surface area contributed by atoms with Crippen LogP contribution in [0.2, 0.25) is 5.02 Å². The zero-order valence-electron chi connectivity index (χ0n) is 10.6. The monoisotopic (exact) mass is 308 g/mol. The summed E-state index contributed by atoms with van der Waals surface area (Å²) in [6.07, 6.45) is 0. The Kier molecular flexibility index (Phi) is 4.09. The number of carboxylic acids is 1. The van der Waals surface area contributed by atoms with Crippen LogP contribution in [0, 0.1) is 5.82 Å². The van der Waals surface area contributed by atoms with E-state index in [2.05, 4.69) is 5.32 Å². The van der Waals surface area contributed by atoms with Crippen LogP contribution in [0.4, 0.5) is 15.8 Å². The van der Waals surface area contributed by atoms with Gasteiger partial charge in [0.15, 0.2) is 0 Å². The van der Waals surface area contributed by atoms with Crippen molar-refractivity contribution < 1.29 is 19.1 Å². The molecular weight excluding hydrogens is 299 g/mol. The second-order valence-corrected chi connectivity index (χ2v) is 4.56. The number of hydrogen-bond donors (Lipinski definition) is 3. The number of carboxylic acid groups (broad SMARTS) is 1. The van der Waals surface area contributed by atoms with Gasteiger partial charge in [-0.15, -0.1) is 0 Å². The second-order valence-electron chi connectivity index (χ2n) is 4.15. The summed E-state index contributed by atoms with van der Waals surface area (Å²) in [6, 6.07) is 8.15. The molecule has 0 saturated carbocycles. The lowest BCUT2D eigenvalue weighted by Crippen LogP contribution is -2.14. The lowest BCUT2D eigenvalue weighted by Gasteiger charge is -2.11. The number of amides is 1. The fourth-order valence-electron chi connectivity index (χ4n) is 1.80. The molecule has 0 saturated heterocycles. The molecule has 2 rings (SSSR count). The first kappa shape index (κ1) is 14.8. The second kappa shape index (κ2) is 5.80. The van der Waals surface area contributed by atoms with E-state index in [0.29, 0.717) is 5.69 Å². The van der Waals surface area contributed by atoms with Crippen molar-refractivity contribution in [1.29, 1.82) is 0 Å². The minimum Gasteiger partial charge on any atom is -0.478 e. The van der Waals surface area contributed by atoms with Crippen LogP contribution >= 0.6 is 11.6 Å². The summed E-state index contributed by atoms with van der Waals surface area (Å²) >= 11 is 5.90. The van der Waals surface area contributed by atoms with E-state index in [1.807, 2.05) is 0 Å². The molecule has 0 radical (unpaired) electrons. The number of benzene rings is 2. The smallest absolute Gasteiger partial charge is 0.338 e. The highest BCUT2D eigenvalue weighted by Crippen LogP contribution is 2.27. The summed E-state index contributed by atoms with van der Waals surface area (Å²) in [5.74, 6) is -2.99. The van der Waals surface area contributed by atoms with E-state index < -0.39 is 23.3 Å². The van der Waals surface area contributed by atoms with Gasteiger partial charge in [0.1, 0.15) is 5.82 Å². The maximum atomic E-state index is 13.6. The van der Waals surface area contributed by atoms with Crippen LogP contribution in [0.15, 0.2) is 36.4 Å². The zero-order chi connectivity index (χ0) is 15.6. The van der Waals surface area contributed by atoms with Crippen LogP contribution in [-0.2, 0) is 0 Å². The molecule has 2 aromatic rings. The van der Waals surface area contributed by atoms with Gasteiger partial charge in [-0.05, 0) is 30.3 Å². The van der Waals surface area contributed by atoms with Gasteiger partial charge in [-0.2, -0.15) is 0 Å². The predicted molar refractivity (Wildman–Crippen MR) is 76.6 cm³/mol. The SMILES string of the molecule is NC(=O)c1c(Cl)cccc1Nc1ccc(C(=O)O)c(F)c1. The van der Waals surface area contributed by atoms with Gasteiger partial charge in [0, 0.05) is 5.69 Å². The summed E-state index contributed by atoms with van der Waals surface area (Å²) in [5, 5.41) is 11.7. The molecule has 0 heterocycles. The average molecular weight is 309 g/mol. The molecule has 0 atom stereocenters. The fraction of sp³-hybridized carbons (Fsp3) is 0. The Bertz CT molecular complexity index is 734. The molecule has 0 spiro atoms. The quantitative estimate of drug-likeness (QED) is 0.809. The Morgan fingerprint density at radius 1 is 1.24 bits per heavy atom. The van der Waals surface area contributed by atoms with Gasteiger partial charge in [0.2, 0.25) is 0 Å². The number of rotatable bonds is 4. The van der Waals surface area contributed by atoms with Crippen molar-refractivity contribution >= 4 is 34.9 Å². The molecular formula is C14H10ClFN2O3. The van der Waals surface area contributed by atoms with Crippen LogP contribution < -0.4 is 11.1 Å². The third-order valence-electron chi connectivity index (χ3n) is 2.74. The largest absolute Gasteiger partial charge is 0.478 e. The van der Waals surface area contributed by atoms with Gasteiger partial charge < -0.3 is 16.2 Å². The number of carbonyl (C=O) groups excluding carboxylic acids is 1. The molecule has 2 aromatic carbocycles. The summed E-state index contributed by atoms with van der Waals surface area (Å²) in [6.45, 7) is 0.